The summed E-state index contributed by atoms with van der Waals surface area (Å²) < 4.78 is 0.797. The van der Waals surface area contributed by atoms with Crippen LogP contribution in [0.5, 0.6) is 0 Å². The predicted octanol–water partition coefficient (Wildman–Crippen LogP) is 2.56. The second-order valence-electron chi connectivity index (χ2n) is 3.46. The van der Waals surface area contributed by atoms with E-state index in [0.29, 0.717) is 6.42 Å². The highest BCUT2D eigenvalue weighted by atomic mass is 79.9. The van der Waals surface area contributed by atoms with Crippen molar-refractivity contribution in [2.75, 3.05) is 0 Å². The largest absolute Gasteiger partial charge is 0.481 e. The Kier molecular flexibility index (Phi) is 4.90. The van der Waals surface area contributed by atoms with E-state index in [-0.39, 0.29) is 6.42 Å². The summed E-state index contributed by atoms with van der Waals surface area (Å²) in [6.07, 6.45) is 2.99. The number of halogens is 1. The van der Waals surface area contributed by atoms with Crippen molar-refractivity contribution in [3.8, 4) is 0 Å². The molecular formula is C12H11BrO4. The maximum atomic E-state index is 10.5. The Morgan fingerprint density at radius 1 is 1.24 bits per heavy atom. The van der Waals surface area contributed by atoms with Gasteiger partial charge < -0.3 is 10.2 Å². The van der Waals surface area contributed by atoms with Crippen molar-refractivity contribution in [1.29, 1.82) is 0 Å². The monoisotopic (exact) mass is 298 g/mol. The molecule has 1 rings (SSSR count). The van der Waals surface area contributed by atoms with Crippen LogP contribution in [0.1, 0.15) is 17.5 Å². The summed E-state index contributed by atoms with van der Waals surface area (Å²) in [5.74, 6) is -1.87. The molecule has 0 radical (unpaired) electrons. The van der Waals surface area contributed by atoms with Crippen LogP contribution in [0.3, 0.4) is 0 Å². The second kappa shape index (κ2) is 6.20. The van der Waals surface area contributed by atoms with E-state index in [1.54, 1.807) is 12.1 Å². The van der Waals surface area contributed by atoms with Crippen molar-refractivity contribution in [1.82, 2.24) is 0 Å². The summed E-state index contributed by atoms with van der Waals surface area (Å²) in [6, 6.07) is 5.36. The number of hydrogen-bond acceptors (Lipinski definition) is 2. The van der Waals surface area contributed by atoms with Crippen LogP contribution in [0.25, 0.3) is 6.08 Å². The molecule has 1 aromatic carbocycles. The number of aliphatic carboxylic acids is 2. The number of aryl methyl sites for hydroxylation is 1. The predicted molar refractivity (Wildman–Crippen MR) is 66.8 cm³/mol. The van der Waals surface area contributed by atoms with E-state index in [1.807, 2.05) is 6.07 Å². The third kappa shape index (κ3) is 5.31. The van der Waals surface area contributed by atoms with Gasteiger partial charge in [-0.15, -0.1) is 0 Å². The van der Waals surface area contributed by atoms with Crippen LogP contribution in [0.2, 0.25) is 0 Å². The third-order valence-corrected chi connectivity index (χ3v) is 2.48. The smallest absolute Gasteiger partial charge is 0.328 e. The highest BCUT2D eigenvalue weighted by Crippen LogP contribution is 2.18. The molecular weight excluding hydrogens is 288 g/mol. The number of carboxylic acids is 2. The molecule has 0 amide bonds. The fourth-order valence-corrected chi connectivity index (χ4v) is 1.89. The molecule has 0 bridgehead atoms. The molecule has 17 heavy (non-hydrogen) atoms. The van der Waals surface area contributed by atoms with E-state index in [0.717, 1.165) is 21.7 Å². The van der Waals surface area contributed by atoms with Crippen LogP contribution in [0.15, 0.2) is 28.7 Å². The van der Waals surface area contributed by atoms with E-state index in [4.69, 9.17) is 10.2 Å². The van der Waals surface area contributed by atoms with Gasteiger partial charge in [0.25, 0.3) is 0 Å². The summed E-state index contributed by atoms with van der Waals surface area (Å²) in [7, 11) is 0. The SMILES string of the molecule is O=C(O)/C=C/c1cc(Br)cc(CCC(=O)O)c1. The minimum Gasteiger partial charge on any atom is -0.481 e. The molecule has 0 unspecified atom stereocenters. The summed E-state index contributed by atoms with van der Waals surface area (Å²) in [5, 5.41) is 17.1. The molecule has 90 valence electrons. The van der Waals surface area contributed by atoms with Gasteiger partial charge in [0.05, 0.1) is 0 Å². The number of carboxylic acid groups (broad SMARTS) is 2. The number of hydrogen-bond donors (Lipinski definition) is 2. The molecule has 4 nitrogen and oxygen atoms in total. The topological polar surface area (TPSA) is 74.6 Å². The highest BCUT2D eigenvalue weighted by Gasteiger charge is 2.02. The molecule has 0 atom stereocenters. The van der Waals surface area contributed by atoms with Crippen molar-refractivity contribution >= 4 is 33.9 Å². The first kappa shape index (κ1) is 13.4. The summed E-state index contributed by atoms with van der Waals surface area (Å²) >= 11 is 3.30. The van der Waals surface area contributed by atoms with Crippen molar-refractivity contribution in [2.45, 2.75) is 12.8 Å². The lowest BCUT2D eigenvalue weighted by Crippen LogP contribution is -1.97. The van der Waals surface area contributed by atoms with Crippen molar-refractivity contribution in [3.63, 3.8) is 0 Å². The molecule has 5 heteroatoms. The minimum absolute atomic E-state index is 0.0541. The molecule has 0 saturated carbocycles. The Balaban J connectivity index is 2.86. The normalized spacial score (nSPS) is 10.6. The van der Waals surface area contributed by atoms with Gasteiger partial charge in [0.2, 0.25) is 0 Å². The van der Waals surface area contributed by atoms with Gasteiger partial charge in [0, 0.05) is 17.0 Å². The molecule has 0 aliphatic carbocycles. The first-order chi connectivity index (χ1) is 7.97. The number of carbonyl (C=O) groups is 2. The van der Waals surface area contributed by atoms with Crippen molar-refractivity contribution < 1.29 is 19.8 Å². The van der Waals surface area contributed by atoms with Gasteiger partial charge in [-0.25, -0.2) is 4.79 Å². The lowest BCUT2D eigenvalue weighted by molar-refractivity contribution is -0.137. The zero-order valence-electron chi connectivity index (χ0n) is 8.89. The van der Waals surface area contributed by atoms with Gasteiger partial charge in [-0.1, -0.05) is 22.0 Å². The molecule has 0 saturated heterocycles. The Hall–Kier alpha value is -1.62. The average molecular weight is 299 g/mol. The first-order valence-corrected chi connectivity index (χ1v) is 5.69. The molecule has 0 aliphatic heterocycles. The third-order valence-electron chi connectivity index (χ3n) is 2.03. The second-order valence-corrected chi connectivity index (χ2v) is 4.37. The Morgan fingerprint density at radius 3 is 2.53 bits per heavy atom. The van der Waals surface area contributed by atoms with Crippen LogP contribution in [0, 0.1) is 0 Å². The van der Waals surface area contributed by atoms with E-state index in [2.05, 4.69) is 15.9 Å². The van der Waals surface area contributed by atoms with Crippen LogP contribution in [0.4, 0.5) is 0 Å². The fraction of sp³-hybridized carbons (Fsp3) is 0.167. The maximum Gasteiger partial charge on any atom is 0.328 e. The molecule has 0 spiro atoms. The zero-order chi connectivity index (χ0) is 12.8. The summed E-state index contributed by atoms with van der Waals surface area (Å²) in [5.41, 5.74) is 1.58. The van der Waals surface area contributed by atoms with E-state index in [9.17, 15) is 9.59 Å². The van der Waals surface area contributed by atoms with Crippen LogP contribution < -0.4 is 0 Å². The lowest BCUT2D eigenvalue weighted by Gasteiger charge is -2.02. The Bertz CT molecular complexity index is 466. The highest BCUT2D eigenvalue weighted by molar-refractivity contribution is 9.10. The van der Waals surface area contributed by atoms with E-state index in [1.165, 1.54) is 6.08 Å². The fourth-order valence-electron chi connectivity index (χ4n) is 1.33. The number of benzene rings is 1. The van der Waals surface area contributed by atoms with Crippen molar-refractivity contribution in [3.05, 3.63) is 39.9 Å². The van der Waals surface area contributed by atoms with Gasteiger partial charge in [0.1, 0.15) is 0 Å². The van der Waals surface area contributed by atoms with Gasteiger partial charge >= 0.3 is 11.9 Å². The minimum atomic E-state index is -1.02. The maximum absolute atomic E-state index is 10.5. The summed E-state index contributed by atoms with van der Waals surface area (Å²) in [6.45, 7) is 0. The standard InChI is InChI=1S/C12H11BrO4/c13-10-6-8(1-3-11(14)15)5-9(7-10)2-4-12(16)17/h1,3,5-7H,2,4H2,(H,14,15)(H,16,17)/b3-1+. The molecule has 0 fully saturated rings. The van der Waals surface area contributed by atoms with Gasteiger partial charge in [-0.2, -0.15) is 0 Å². The van der Waals surface area contributed by atoms with E-state index >= 15 is 0 Å². The quantitative estimate of drug-likeness (QED) is 0.819. The van der Waals surface area contributed by atoms with Gasteiger partial charge in [-0.3, -0.25) is 4.79 Å². The average Bonchev–Trinajstić information content (AvgIpc) is 2.23. The summed E-state index contributed by atoms with van der Waals surface area (Å²) in [4.78, 5) is 20.8. The molecule has 2 N–H and O–H groups in total. The number of rotatable bonds is 5. The molecule has 1 aromatic rings. The first-order valence-electron chi connectivity index (χ1n) is 4.89. The molecule has 0 heterocycles. The molecule has 0 aliphatic rings. The Morgan fingerprint density at radius 2 is 1.94 bits per heavy atom. The van der Waals surface area contributed by atoms with Crippen LogP contribution in [-0.2, 0) is 16.0 Å². The van der Waals surface area contributed by atoms with E-state index < -0.39 is 11.9 Å². The van der Waals surface area contributed by atoms with Crippen LogP contribution in [-0.4, -0.2) is 22.2 Å². The Labute approximate surface area is 107 Å². The van der Waals surface area contributed by atoms with Gasteiger partial charge in [-0.05, 0) is 35.8 Å². The molecule has 0 aromatic heterocycles. The van der Waals surface area contributed by atoms with Crippen molar-refractivity contribution in [2.24, 2.45) is 0 Å². The van der Waals surface area contributed by atoms with Gasteiger partial charge in [0.15, 0.2) is 0 Å². The lowest BCUT2D eigenvalue weighted by atomic mass is 10.1. The van der Waals surface area contributed by atoms with Crippen LogP contribution >= 0.6 is 15.9 Å². The zero-order valence-corrected chi connectivity index (χ0v) is 10.5.